The normalized spacial score (nSPS) is 17.0. The third-order valence-electron chi connectivity index (χ3n) is 10.9. The van der Waals surface area contributed by atoms with E-state index >= 15 is 0 Å². The van der Waals surface area contributed by atoms with E-state index in [1.165, 1.54) is 6.33 Å². The number of nitrogens with zero attached hydrogens (tertiary/aromatic N) is 10. The largest absolute Gasteiger partial charge is 0.487 e. The van der Waals surface area contributed by atoms with Crippen LogP contribution in [0.15, 0.2) is 43.1 Å². The van der Waals surface area contributed by atoms with Crippen LogP contribution in [-0.2, 0) is 49.2 Å². The molecule has 67 heavy (non-hydrogen) atoms. The molecular weight excluding hydrogens is 871 g/mol. The molecule has 1 saturated carbocycles. The minimum Gasteiger partial charge on any atom is -0.487 e. The highest BCUT2D eigenvalue weighted by atomic mass is 16.6. The Morgan fingerprint density at radius 3 is 1.87 bits per heavy atom. The van der Waals surface area contributed by atoms with Crippen molar-refractivity contribution in [3.8, 4) is 28.8 Å². The fourth-order valence-corrected chi connectivity index (χ4v) is 7.48. The minimum atomic E-state index is -0.293. The summed E-state index contributed by atoms with van der Waals surface area (Å²) >= 11 is 0. The number of aromatic nitrogens is 8. The maximum absolute atomic E-state index is 9.75. The van der Waals surface area contributed by atoms with Crippen LogP contribution in [0.25, 0.3) is 11.1 Å². The van der Waals surface area contributed by atoms with Crippen LogP contribution in [0.5, 0.6) is 11.6 Å². The van der Waals surface area contributed by atoms with Crippen molar-refractivity contribution in [2.24, 2.45) is 0 Å². The first-order chi connectivity index (χ1) is 33.1. The molecule has 0 spiro atoms. The standard InChI is InChI=1S/C45H67N11O11/c1-36(33-55-35-49-52-53-55)67-43-29-37(3-4-38(43)30-46)39-31-47-45(48-32-39)50-42-34-56(41-7-5-40(6-8-41)54-9-11-58-12-10-54)51-44(42)66-28-27-65-26-25-64-24-23-63-22-21-62-20-19-61-18-17-60-16-15-59-14-13-57-2/h3-4,29,31-32,34-36,40-41H,5-28,33H2,1-2H3,(H,47,48,50)/t36-,40?,41?/m0/s1. The molecule has 4 heterocycles. The van der Waals surface area contributed by atoms with E-state index in [-0.39, 0.29) is 12.1 Å². The molecule has 1 aromatic carbocycles. The monoisotopic (exact) mass is 938 g/mol. The lowest BCUT2D eigenvalue weighted by Gasteiger charge is -2.38. The fourth-order valence-electron chi connectivity index (χ4n) is 7.48. The van der Waals surface area contributed by atoms with Crippen LogP contribution in [0.1, 0.15) is 44.2 Å². The van der Waals surface area contributed by atoms with Crippen LogP contribution in [0.4, 0.5) is 11.6 Å². The Morgan fingerprint density at radius 2 is 1.31 bits per heavy atom. The molecule has 4 aromatic rings. The molecule has 22 nitrogen and oxygen atoms in total. The lowest BCUT2D eigenvalue weighted by atomic mass is 9.90. The van der Waals surface area contributed by atoms with E-state index in [9.17, 15) is 5.26 Å². The van der Waals surface area contributed by atoms with Gasteiger partial charge in [0.05, 0.1) is 137 Å². The number of ether oxygens (including phenoxy) is 11. The summed E-state index contributed by atoms with van der Waals surface area (Å²) in [7, 11) is 1.64. The van der Waals surface area contributed by atoms with Crippen molar-refractivity contribution in [1.82, 2.24) is 44.9 Å². The molecule has 6 rings (SSSR count). The van der Waals surface area contributed by atoms with Gasteiger partial charge in [0.2, 0.25) is 5.95 Å². The summed E-state index contributed by atoms with van der Waals surface area (Å²) in [5, 5.41) is 29.2. The maximum atomic E-state index is 9.75. The smallest absolute Gasteiger partial charge is 0.257 e. The highest BCUT2D eigenvalue weighted by molar-refractivity contribution is 5.67. The van der Waals surface area contributed by atoms with Gasteiger partial charge in [0.25, 0.3) is 5.88 Å². The Kier molecular flexibility index (Phi) is 23.4. The number of nitrogens with one attached hydrogen (secondary N) is 1. The molecule has 3 aromatic heterocycles. The van der Waals surface area contributed by atoms with E-state index in [0.29, 0.717) is 147 Å². The molecule has 1 aliphatic carbocycles. The average molecular weight is 938 g/mol. The molecular formula is C45H67N11O11. The molecule has 368 valence electrons. The fraction of sp³-hybridized carbons (Fsp3) is 0.667. The maximum Gasteiger partial charge on any atom is 0.257 e. The Hall–Kier alpha value is -4.93. The highest BCUT2D eigenvalue weighted by Crippen LogP contribution is 2.35. The van der Waals surface area contributed by atoms with E-state index in [0.717, 1.165) is 63.1 Å². The van der Waals surface area contributed by atoms with Crippen LogP contribution >= 0.6 is 0 Å². The lowest BCUT2D eigenvalue weighted by Crippen LogP contribution is -2.45. The zero-order valence-electron chi connectivity index (χ0n) is 38.9. The van der Waals surface area contributed by atoms with Gasteiger partial charge < -0.3 is 57.4 Å². The SMILES string of the molecule is COCCOCCOCCOCCOCCOCCOCCOCCOc1nn(C2CCC(N3CCOCC3)CC2)cc1Nc1ncc(-c2ccc(C#N)c(O[C@@H](C)Cn3cnnn3)c2)cn1. The van der Waals surface area contributed by atoms with E-state index in [4.69, 9.17) is 57.2 Å². The number of morpholine rings is 1. The van der Waals surface area contributed by atoms with Crippen molar-refractivity contribution in [2.45, 2.75) is 57.3 Å². The molecule has 1 saturated heterocycles. The molecule has 0 unspecified atom stereocenters. The summed E-state index contributed by atoms with van der Waals surface area (Å²) in [6.07, 6.45) is 10.9. The molecule has 0 bridgehead atoms. The summed E-state index contributed by atoms with van der Waals surface area (Å²) < 4.78 is 65.3. The minimum absolute atomic E-state index is 0.241. The van der Waals surface area contributed by atoms with Crippen LogP contribution in [-0.4, -0.2) is 196 Å². The second-order valence-electron chi connectivity index (χ2n) is 15.8. The van der Waals surface area contributed by atoms with Crippen molar-refractivity contribution < 1.29 is 52.1 Å². The second kappa shape index (κ2) is 30.5. The highest BCUT2D eigenvalue weighted by Gasteiger charge is 2.29. The summed E-state index contributed by atoms with van der Waals surface area (Å²) in [6, 6.07) is 8.40. The zero-order valence-corrected chi connectivity index (χ0v) is 38.9. The summed E-state index contributed by atoms with van der Waals surface area (Å²) in [6.45, 7) is 13.5. The van der Waals surface area contributed by atoms with Gasteiger partial charge in [-0.25, -0.2) is 14.6 Å². The summed E-state index contributed by atoms with van der Waals surface area (Å²) in [5.74, 6) is 1.28. The molecule has 2 aliphatic rings. The Balaban J connectivity index is 0.896. The number of hydrogen-bond donors (Lipinski definition) is 1. The van der Waals surface area contributed by atoms with Gasteiger partial charge >= 0.3 is 0 Å². The Labute approximate surface area is 392 Å². The number of benzene rings is 1. The van der Waals surface area contributed by atoms with Gasteiger partial charge in [0.15, 0.2) is 0 Å². The Morgan fingerprint density at radius 1 is 0.746 bits per heavy atom. The first-order valence-electron chi connectivity index (χ1n) is 23.2. The predicted molar refractivity (Wildman–Crippen MR) is 242 cm³/mol. The molecule has 1 atom stereocenters. The Bertz CT molecular complexity index is 1960. The molecule has 22 heteroatoms. The molecule has 0 radical (unpaired) electrons. The molecule has 1 aliphatic heterocycles. The van der Waals surface area contributed by atoms with Crippen molar-refractivity contribution in [1.29, 1.82) is 5.26 Å². The molecule has 2 fully saturated rings. The third-order valence-corrected chi connectivity index (χ3v) is 10.9. The van der Waals surface area contributed by atoms with Crippen molar-refractivity contribution in [3.63, 3.8) is 0 Å². The van der Waals surface area contributed by atoms with Gasteiger partial charge in [-0.05, 0) is 60.7 Å². The van der Waals surface area contributed by atoms with E-state index in [2.05, 4.69) is 41.8 Å². The van der Waals surface area contributed by atoms with Gasteiger partial charge in [0.1, 0.15) is 36.5 Å². The van der Waals surface area contributed by atoms with Gasteiger partial charge in [-0.3, -0.25) is 9.58 Å². The first-order valence-corrected chi connectivity index (χ1v) is 23.2. The molecule has 1 N–H and O–H groups in total. The van der Waals surface area contributed by atoms with E-state index in [1.807, 2.05) is 29.9 Å². The van der Waals surface area contributed by atoms with Crippen molar-refractivity contribution in [3.05, 3.63) is 48.7 Å². The average Bonchev–Trinajstić information content (AvgIpc) is 4.03. The topological polar surface area (TPSA) is 228 Å². The van der Waals surface area contributed by atoms with Crippen molar-refractivity contribution >= 4 is 11.6 Å². The number of anilines is 2. The van der Waals surface area contributed by atoms with Gasteiger partial charge in [-0.15, -0.1) is 10.2 Å². The third kappa shape index (κ3) is 18.6. The predicted octanol–water partition coefficient (Wildman–Crippen LogP) is 3.37. The van der Waals surface area contributed by atoms with Crippen LogP contribution in [0.3, 0.4) is 0 Å². The van der Waals surface area contributed by atoms with Crippen LogP contribution in [0, 0.1) is 11.3 Å². The van der Waals surface area contributed by atoms with Gasteiger partial charge in [-0.2, -0.15) is 5.26 Å². The first kappa shape index (κ1) is 51.5. The number of hydrogen-bond acceptors (Lipinski definition) is 20. The number of nitriles is 1. The van der Waals surface area contributed by atoms with E-state index < -0.39 is 0 Å². The van der Waals surface area contributed by atoms with Crippen LogP contribution < -0.4 is 14.8 Å². The summed E-state index contributed by atoms with van der Waals surface area (Å²) in [5.41, 5.74) is 2.63. The zero-order chi connectivity index (χ0) is 46.6. The number of methoxy groups -OCH3 is 1. The summed E-state index contributed by atoms with van der Waals surface area (Å²) in [4.78, 5) is 11.8. The van der Waals surface area contributed by atoms with Gasteiger partial charge in [0, 0.05) is 44.2 Å². The van der Waals surface area contributed by atoms with E-state index in [1.54, 1.807) is 30.3 Å². The molecule has 0 amide bonds. The second-order valence-corrected chi connectivity index (χ2v) is 15.8. The number of tetrazole rings is 1. The van der Waals surface area contributed by atoms with Crippen LogP contribution in [0.2, 0.25) is 0 Å². The van der Waals surface area contributed by atoms with Crippen molar-refractivity contribution in [2.75, 3.05) is 144 Å². The quantitative estimate of drug-likeness (QED) is 0.0662. The van der Waals surface area contributed by atoms with Gasteiger partial charge in [-0.1, -0.05) is 6.07 Å². The lowest BCUT2D eigenvalue weighted by molar-refractivity contribution is -0.0227. The number of rotatable bonds is 34.